The van der Waals surface area contributed by atoms with E-state index in [0.717, 1.165) is 30.8 Å². The Morgan fingerprint density at radius 3 is 2.23 bits per heavy atom. The molecule has 0 spiro atoms. The lowest BCUT2D eigenvalue weighted by molar-refractivity contribution is 0.122. The van der Waals surface area contributed by atoms with E-state index in [0.29, 0.717) is 26.3 Å². The Balaban J connectivity index is 1.47. The number of sulfonamides is 1. The van der Waals surface area contributed by atoms with Crippen molar-refractivity contribution in [3.8, 4) is 5.75 Å². The van der Waals surface area contributed by atoms with Crippen LogP contribution in [0.2, 0.25) is 0 Å². The third-order valence-electron chi connectivity index (χ3n) is 5.28. The summed E-state index contributed by atoms with van der Waals surface area (Å²) in [5.74, 6) is 1.10. The number of halogens is 1. The molecule has 2 fully saturated rings. The number of ether oxygens (including phenoxy) is 2. The quantitative estimate of drug-likeness (QED) is 0.684. The normalized spacial score (nSPS) is 18.5. The van der Waals surface area contributed by atoms with Crippen LogP contribution in [0.1, 0.15) is 0 Å². The van der Waals surface area contributed by atoms with E-state index >= 15 is 0 Å². The van der Waals surface area contributed by atoms with Crippen LogP contribution in [-0.2, 0) is 14.8 Å². The molecule has 0 unspecified atom stereocenters. The minimum absolute atomic E-state index is 0.129. The van der Waals surface area contributed by atoms with E-state index in [-0.39, 0.29) is 23.7 Å². The predicted octanol–water partition coefficient (Wildman–Crippen LogP) is 0.972. The molecule has 0 radical (unpaired) electrons. The van der Waals surface area contributed by atoms with Crippen molar-refractivity contribution in [2.75, 3.05) is 69.4 Å². The highest BCUT2D eigenvalue weighted by Gasteiger charge is 2.31. The monoisotopic (exact) mass is 437 g/mol. The Bertz CT molecular complexity index is 992. The Morgan fingerprint density at radius 2 is 1.60 bits per heavy atom. The standard InChI is InChI=1S/C19H24FN5O4S/c1-28-16-3-2-15(20)12-17(16)30(26,27)25-6-4-23(5-7-25)18-13-19(22-14-21-18)24-8-10-29-11-9-24/h2-3,12-14H,4-11H2,1H3. The van der Waals surface area contributed by atoms with Gasteiger partial charge in [-0.1, -0.05) is 0 Å². The number of methoxy groups -OCH3 is 1. The van der Waals surface area contributed by atoms with Crippen molar-refractivity contribution in [1.29, 1.82) is 0 Å². The van der Waals surface area contributed by atoms with Gasteiger partial charge in [-0.3, -0.25) is 0 Å². The van der Waals surface area contributed by atoms with Crippen LogP contribution in [0.25, 0.3) is 0 Å². The van der Waals surface area contributed by atoms with Gasteiger partial charge in [-0.05, 0) is 18.2 Å². The molecule has 0 N–H and O–H groups in total. The van der Waals surface area contributed by atoms with Crippen LogP contribution in [-0.4, -0.2) is 82.3 Å². The first-order valence-electron chi connectivity index (χ1n) is 9.72. The zero-order valence-corrected chi connectivity index (χ0v) is 17.5. The Labute approximate surface area is 175 Å². The summed E-state index contributed by atoms with van der Waals surface area (Å²) in [6.07, 6.45) is 1.53. The molecule has 9 nitrogen and oxygen atoms in total. The van der Waals surface area contributed by atoms with Crippen molar-refractivity contribution in [2.24, 2.45) is 0 Å². The van der Waals surface area contributed by atoms with Crippen LogP contribution in [0.5, 0.6) is 5.75 Å². The van der Waals surface area contributed by atoms with Gasteiger partial charge in [-0.2, -0.15) is 4.31 Å². The van der Waals surface area contributed by atoms with E-state index in [9.17, 15) is 12.8 Å². The molecular formula is C19H24FN5O4S. The van der Waals surface area contributed by atoms with Gasteiger partial charge in [-0.25, -0.2) is 22.8 Å². The summed E-state index contributed by atoms with van der Waals surface area (Å²) in [6, 6.07) is 5.42. The van der Waals surface area contributed by atoms with Crippen LogP contribution in [0.4, 0.5) is 16.0 Å². The second kappa shape index (κ2) is 8.70. The van der Waals surface area contributed by atoms with E-state index in [4.69, 9.17) is 9.47 Å². The lowest BCUT2D eigenvalue weighted by atomic mass is 10.3. The molecule has 1 aromatic carbocycles. The number of morpholine rings is 1. The minimum atomic E-state index is -3.87. The van der Waals surface area contributed by atoms with Gasteiger partial charge in [0.15, 0.2) is 0 Å². The molecule has 30 heavy (non-hydrogen) atoms. The maximum absolute atomic E-state index is 13.7. The number of hydrogen-bond donors (Lipinski definition) is 0. The first kappa shape index (κ1) is 20.8. The molecule has 1 aromatic heterocycles. The Kier molecular flexibility index (Phi) is 6.02. The number of benzene rings is 1. The summed E-state index contributed by atoms with van der Waals surface area (Å²) < 4.78 is 51.6. The van der Waals surface area contributed by atoms with Crippen molar-refractivity contribution in [3.05, 3.63) is 36.4 Å². The molecule has 2 aliphatic rings. The molecule has 162 valence electrons. The molecule has 11 heteroatoms. The summed E-state index contributed by atoms with van der Waals surface area (Å²) in [5.41, 5.74) is 0. The van der Waals surface area contributed by atoms with Crippen LogP contribution in [0.15, 0.2) is 35.5 Å². The van der Waals surface area contributed by atoms with Gasteiger partial charge in [0.2, 0.25) is 10.0 Å². The summed E-state index contributed by atoms with van der Waals surface area (Å²) in [5, 5.41) is 0. The highest BCUT2D eigenvalue weighted by atomic mass is 32.2. The minimum Gasteiger partial charge on any atom is -0.495 e. The van der Waals surface area contributed by atoms with Gasteiger partial charge in [0, 0.05) is 45.3 Å². The van der Waals surface area contributed by atoms with Gasteiger partial charge in [0.05, 0.1) is 20.3 Å². The number of nitrogens with zero attached hydrogens (tertiary/aromatic N) is 5. The summed E-state index contributed by atoms with van der Waals surface area (Å²) in [6.45, 7) is 4.35. The van der Waals surface area contributed by atoms with Crippen LogP contribution in [0, 0.1) is 5.82 Å². The van der Waals surface area contributed by atoms with Gasteiger partial charge in [0.25, 0.3) is 0 Å². The second-order valence-electron chi connectivity index (χ2n) is 7.02. The molecule has 0 atom stereocenters. The number of piperazine rings is 1. The summed E-state index contributed by atoms with van der Waals surface area (Å²) >= 11 is 0. The maximum Gasteiger partial charge on any atom is 0.246 e. The van der Waals surface area contributed by atoms with Crippen LogP contribution in [0.3, 0.4) is 0 Å². The fourth-order valence-corrected chi connectivity index (χ4v) is 5.21. The average molecular weight is 437 g/mol. The van der Waals surface area contributed by atoms with E-state index in [1.165, 1.54) is 29.9 Å². The molecule has 2 aliphatic heterocycles. The van der Waals surface area contributed by atoms with Crippen molar-refractivity contribution in [2.45, 2.75) is 4.90 Å². The van der Waals surface area contributed by atoms with E-state index in [1.54, 1.807) is 0 Å². The third kappa shape index (κ3) is 4.18. The topological polar surface area (TPSA) is 88.1 Å². The largest absolute Gasteiger partial charge is 0.495 e. The summed E-state index contributed by atoms with van der Waals surface area (Å²) in [7, 11) is -2.50. The average Bonchev–Trinajstić information content (AvgIpc) is 2.80. The molecule has 4 rings (SSSR count). The van der Waals surface area contributed by atoms with Crippen molar-refractivity contribution in [1.82, 2.24) is 14.3 Å². The number of anilines is 2. The SMILES string of the molecule is COc1ccc(F)cc1S(=O)(=O)N1CCN(c2cc(N3CCOCC3)ncn2)CC1. The fourth-order valence-electron chi connectivity index (χ4n) is 3.62. The number of rotatable bonds is 5. The van der Waals surface area contributed by atoms with Gasteiger partial charge < -0.3 is 19.3 Å². The predicted molar refractivity (Wildman–Crippen MR) is 109 cm³/mol. The molecule has 0 amide bonds. The molecule has 3 heterocycles. The van der Waals surface area contributed by atoms with Crippen molar-refractivity contribution in [3.63, 3.8) is 0 Å². The molecule has 2 saturated heterocycles. The molecule has 0 aliphatic carbocycles. The highest BCUT2D eigenvalue weighted by molar-refractivity contribution is 7.89. The maximum atomic E-state index is 13.7. The molecule has 0 bridgehead atoms. The van der Waals surface area contributed by atoms with Gasteiger partial charge in [-0.15, -0.1) is 0 Å². The molecule has 0 saturated carbocycles. The van der Waals surface area contributed by atoms with Crippen LogP contribution >= 0.6 is 0 Å². The Morgan fingerprint density at radius 1 is 0.967 bits per heavy atom. The first-order chi connectivity index (χ1) is 14.5. The number of hydrogen-bond acceptors (Lipinski definition) is 8. The highest BCUT2D eigenvalue weighted by Crippen LogP contribution is 2.29. The van der Waals surface area contributed by atoms with Crippen molar-refractivity contribution < 1.29 is 22.3 Å². The zero-order valence-electron chi connectivity index (χ0n) is 16.7. The summed E-state index contributed by atoms with van der Waals surface area (Å²) in [4.78, 5) is 12.7. The smallest absolute Gasteiger partial charge is 0.246 e. The molecule has 2 aromatic rings. The molecular weight excluding hydrogens is 413 g/mol. The fraction of sp³-hybridized carbons (Fsp3) is 0.474. The second-order valence-corrected chi connectivity index (χ2v) is 8.93. The third-order valence-corrected chi connectivity index (χ3v) is 7.20. The van der Waals surface area contributed by atoms with E-state index in [1.807, 2.05) is 11.0 Å². The van der Waals surface area contributed by atoms with Gasteiger partial charge >= 0.3 is 0 Å². The number of aromatic nitrogens is 2. The lowest BCUT2D eigenvalue weighted by Gasteiger charge is -2.35. The van der Waals surface area contributed by atoms with Crippen molar-refractivity contribution >= 4 is 21.7 Å². The van der Waals surface area contributed by atoms with E-state index in [2.05, 4.69) is 14.9 Å². The first-order valence-corrected chi connectivity index (χ1v) is 11.2. The zero-order chi connectivity index (χ0) is 21.1. The Hall–Kier alpha value is -2.50. The van der Waals surface area contributed by atoms with Crippen LogP contribution < -0.4 is 14.5 Å². The lowest BCUT2D eigenvalue weighted by Crippen LogP contribution is -2.49. The van der Waals surface area contributed by atoms with Gasteiger partial charge in [0.1, 0.15) is 34.4 Å². The van der Waals surface area contributed by atoms with E-state index < -0.39 is 15.8 Å².